The fourth-order valence-corrected chi connectivity index (χ4v) is 7.49. The van der Waals surface area contributed by atoms with Crippen molar-refractivity contribution in [2.75, 3.05) is 0 Å². The van der Waals surface area contributed by atoms with Crippen molar-refractivity contribution >= 4 is 0 Å². The Balaban J connectivity index is 1.47. The molecule has 0 radical (unpaired) electrons. The maximum Gasteiger partial charge on any atom is 0.0847 e. The summed E-state index contributed by atoms with van der Waals surface area (Å²) in [5, 5.41) is 10.5. The van der Waals surface area contributed by atoms with Crippen LogP contribution in [0.25, 0.3) is 0 Å². The summed E-state index contributed by atoms with van der Waals surface area (Å²) in [4.78, 5) is 0. The van der Waals surface area contributed by atoms with Gasteiger partial charge in [0.15, 0.2) is 0 Å². The average molecular weight is 290 g/mol. The van der Waals surface area contributed by atoms with Gasteiger partial charge in [0.05, 0.1) is 18.3 Å². The van der Waals surface area contributed by atoms with E-state index in [0.717, 1.165) is 30.1 Å². The number of hydrogen-bond acceptors (Lipinski definition) is 2. The number of fused-ring (bicyclic) bond motifs is 6. The van der Waals surface area contributed by atoms with Crippen molar-refractivity contribution in [3.63, 3.8) is 0 Å². The SMILES string of the molecule is C[C@]12C[C@@H]3O[C@@H]3C[C@@H]1CC[C@@H]1[C@@H]2CC[C@]2(C)[C@@H](O)CC[C@@H]12. The van der Waals surface area contributed by atoms with Crippen molar-refractivity contribution in [2.24, 2.45) is 34.5 Å². The molecular formula is C19H30O2. The molecule has 0 aromatic carbocycles. The van der Waals surface area contributed by atoms with E-state index >= 15 is 0 Å². The van der Waals surface area contributed by atoms with Gasteiger partial charge in [-0.3, -0.25) is 0 Å². The maximum atomic E-state index is 10.5. The van der Waals surface area contributed by atoms with Crippen LogP contribution in [0.15, 0.2) is 0 Å². The summed E-state index contributed by atoms with van der Waals surface area (Å²) in [6.07, 6.45) is 11.7. The number of aliphatic hydroxyl groups is 1. The molecule has 21 heavy (non-hydrogen) atoms. The van der Waals surface area contributed by atoms with Gasteiger partial charge in [0.1, 0.15) is 0 Å². The van der Waals surface area contributed by atoms with Gasteiger partial charge in [-0.25, -0.2) is 0 Å². The zero-order chi connectivity index (χ0) is 14.4. The molecule has 4 aliphatic carbocycles. The van der Waals surface area contributed by atoms with E-state index in [-0.39, 0.29) is 11.5 Å². The van der Waals surface area contributed by atoms with Crippen LogP contribution in [-0.2, 0) is 4.74 Å². The lowest BCUT2D eigenvalue weighted by molar-refractivity contribution is -0.117. The topological polar surface area (TPSA) is 32.8 Å². The zero-order valence-corrected chi connectivity index (χ0v) is 13.6. The molecule has 2 heteroatoms. The van der Waals surface area contributed by atoms with Crippen LogP contribution in [0.5, 0.6) is 0 Å². The minimum absolute atomic E-state index is 0.0310. The van der Waals surface area contributed by atoms with Gasteiger partial charge in [-0.2, -0.15) is 0 Å². The van der Waals surface area contributed by atoms with Gasteiger partial charge in [0, 0.05) is 0 Å². The highest BCUT2D eigenvalue weighted by molar-refractivity contribution is 5.12. The van der Waals surface area contributed by atoms with E-state index in [1.807, 2.05) is 0 Å². The lowest BCUT2D eigenvalue weighted by Gasteiger charge is -2.59. The normalized spacial score (nSPS) is 65.0. The quantitative estimate of drug-likeness (QED) is 0.689. The first-order valence-corrected chi connectivity index (χ1v) is 9.36. The molecule has 1 saturated heterocycles. The fourth-order valence-electron chi connectivity index (χ4n) is 7.49. The highest BCUT2D eigenvalue weighted by Gasteiger charge is 2.63. The molecular weight excluding hydrogens is 260 g/mol. The molecule has 1 N–H and O–H groups in total. The second-order valence-electron chi connectivity index (χ2n) is 9.45. The van der Waals surface area contributed by atoms with Crippen molar-refractivity contribution in [1.82, 2.24) is 0 Å². The number of ether oxygens (including phenoxy) is 1. The molecule has 5 rings (SSSR count). The first-order valence-electron chi connectivity index (χ1n) is 9.36. The third-order valence-electron chi connectivity index (χ3n) is 8.86. The van der Waals surface area contributed by atoms with Gasteiger partial charge in [0.25, 0.3) is 0 Å². The molecule has 4 saturated carbocycles. The van der Waals surface area contributed by atoms with Crippen molar-refractivity contribution in [2.45, 2.75) is 83.5 Å². The molecule has 0 bridgehead atoms. The van der Waals surface area contributed by atoms with E-state index in [1.165, 1.54) is 44.9 Å². The molecule has 1 aliphatic heterocycles. The number of rotatable bonds is 0. The molecule has 0 spiro atoms. The highest BCUT2D eigenvalue weighted by atomic mass is 16.6. The molecule has 5 fully saturated rings. The largest absolute Gasteiger partial charge is 0.393 e. The minimum atomic E-state index is -0.0310. The lowest BCUT2D eigenvalue weighted by atomic mass is 9.45. The summed E-state index contributed by atoms with van der Waals surface area (Å²) in [7, 11) is 0. The predicted octanol–water partition coefficient (Wildman–Crippen LogP) is 3.77. The van der Waals surface area contributed by atoms with E-state index in [1.54, 1.807) is 0 Å². The zero-order valence-electron chi connectivity index (χ0n) is 13.6. The number of epoxide rings is 1. The Bertz CT molecular complexity index is 462. The molecule has 9 atom stereocenters. The van der Waals surface area contributed by atoms with Crippen molar-refractivity contribution in [3.05, 3.63) is 0 Å². The Kier molecular flexibility index (Phi) is 2.58. The van der Waals surface area contributed by atoms with Crippen LogP contribution in [0.2, 0.25) is 0 Å². The second-order valence-corrected chi connectivity index (χ2v) is 9.45. The summed E-state index contributed by atoms with van der Waals surface area (Å²) < 4.78 is 5.90. The molecule has 2 nitrogen and oxygen atoms in total. The van der Waals surface area contributed by atoms with Crippen LogP contribution >= 0.6 is 0 Å². The fraction of sp³-hybridized carbons (Fsp3) is 1.00. The number of aliphatic hydroxyl groups excluding tert-OH is 1. The van der Waals surface area contributed by atoms with Crippen LogP contribution in [-0.4, -0.2) is 23.4 Å². The van der Waals surface area contributed by atoms with Gasteiger partial charge >= 0.3 is 0 Å². The van der Waals surface area contributed by atoms with Crippen LogP contribution in [0.3, 0.4) is 0 Å². The van der Waals surface area contributed by atoms with E-state index in [0.29, 0.717) is 17.6 Å². The third-order valence-corrected chi connectivity index (χ3v) is 8.86. The highest BCUT2D eigenvalue weighted by Crippen LogP contribution is 2.67. The minimum Gasteiger partial charge on any atom is -0.393 e. The Hall–Kier alpha value is -0.0800. The third kappa shape index (κ3) is 1.62. The van der Waals surface area contributed by atoms with Gasteiger partial charge in [0.2, 0.25) is 0 Å². The first-order chi connectivity index (χ1) is 10.0. The van der Waals surface area contributed by atoms with Gasteiger partial charge in [-0.15, -0.1) is 0 Å². The standard InChI is InChI=1S/C19H30O2/c1-18-8-7-14-12(13(18)5-6-17(18)20)4-3-11-9-15-16(21-15)10-19(11,14)2/h11-17,20H,3-10H2,1-2H3/t11-,12-,13-,14-,15+,16-,17-,18-,19-/m0/s1. The Morgan fingerprint density at radius 3 is 2.57 bits per heavy atom. The molecule has 1 heterocycles. The summed E-state index contributed by atoms with van der Waals surface area (Å²) in [5.41, 5.74) is 0.771. The average Bonchev–Trinajstić information content (AvgIpc) is 3.12. The first kappa shape index (κ1) is 13.4. The van der Waals surface area contributed by atoms with Gasteiger partial charge in [-0.1, -0.05) is 13.8 Å². The molecule has 0 amide bonds. The van der Waals surface area contributed by atoms with Crippen LogP contribution < -0.4 is 0 Å². The van der Waals surface area contributed by atoms with E-state index in [4.69, 9.17) is 4.74 Å². The molecule has 0 unspecified atom stereocenters. The van der Waals surface area contributed by atoms with Gasteiger partial charge < -0.3 is 9.84 Å². The van der Waals surface area contributed by atoms with Crippen LogP contribution in [0.4, 0.5) is 0 Å². The van der Waals surface area contributed by atoms with E-state index < -0.39 is 0 Å². The molecule has 118 valence electrons. The Labute approximate surface area is 128 Å². The van der Waals surface area contributed by atoms with Crippen LogP contribution in [0, 0.1) is 34.5 Å². The number of hydrogen-bond donors (Lipinski definition) is 1. The summed E-state index contributed by atoms with van der Waals surface area (Å²) in [5.74, 6) is 3.50. The molecule has 0 aromatic rings. The predicted molar refractivity (Wildman–Crippen MR) is 81.8 cm³/mol. The van der Waals surface area contributed by atoms with E-state index in [9.17, 15) is 5.11 Å². The van der Waals surface area contributed by atoms with Crippen LogP contribution in [0.1, 0.15) is 65.2 Å². The lowest BCUT2D eigenvalue weighted by Crippen LogP contribution is -2.54. The maximum absolute atomic E-state index is 10.5. The van der Waals surface area contributed by atoms with Gasteiger partial charge in [-0.05, 0) is 85.9 Å². The summed E-state index contributed by atoms with van der Waals surface area (Å²) in [6, 6.07) is 0. The molecule has 5 aliphatic rings. The Morgan fingerprint density at radius 1 is 0.905 bits per heavy atom. The smallest absolute Gasteiger partial charge is 0.0847 e. The summed E-state index contributed by atoms with van der Waals surface area (Å²) >= 11 is 0. The molecule has 0 aromatic heterocycles. The monoisotopic (exact) mass is 290 g/mol. The van der Waals surface area contributed by atoms with Crippen molar-refractivity contribution in [1.29, 1.82) is 0 Å². The summed E-state index contributed by atoms with van der Waals surface area (Å²) in [6.45, 7) is 4.99. The Morgan fingerprint density at radius 2 is 1.71 bits per heavy atom. The van der Waals surface area contributed by atoms with Crippen molar-refractivity contribution < 1.29 is 9.84 Å². The second kappa shape index (κ2) is 4.06. The van der Waals surface area contributed by atoms with E-state index in [2.05, 4.69) is 13.8 Å². The van der Waals surface area contributed by atoms with Crippen molar-refractivity contribution in [3.8, 4) is 0 Å².